The fourth-order valence-electron chi connectivity index (χ4n) is 4.39. The number of nitrogens with zero attached hydrogens (tertiary/aromatic N) is 5. The third-order valence-corrected chi connectivity index (χ3v) is 6.56. The highest BCUT2D eigenvalue weighted by molar-refractivity contribution is 6.01. The van der Waals surface area contributed by atoms with Crippen LogP contribution >= 0.6 is 0 Å². The van der Waals surface area contributed by atoms with Crippen LogP contribution in [0.15, 0.2) is 99.9 Å². The number of amides is 1. The number of carbonyl (C=O) groups excluding carboxylic acids is 2. The second kappa shape index (κ2) is 18.8. The first kappa shape index (κ1) is 34.6. The SMILES string of the molecule is C=CC(CCN(C)/N=C\c1cc(C(/C=C\C)=C/C2=CC=C(C(=O)N(CCC)CCC)CC(N)=N2)ccc1C=O)=N/C=C\C. The Labute approximate surface area is 257 Å². The van der Waals surface area contributed by atoms with E-state index in [9.17, 15) is 9.59 Å². The number of hydrogen-bond donors (Lipinski definition) is 1. The molecule has 1 heterocycles. The van der Waals surface area contributed by atoms with Gasteiger partial charge in [0.25, 0.3) is 0 Å². The molecule has 2 N–H and O–H groups in total. The van der Waals surface area contributed by atoms with Gasteiger partial charge in [-0.3, -0.25) is 19.6 Å². The van der Waals surface area contributed by atoms with Crippen LogP contribution in [0.3, 0.4) is 0 Å². The average Bonchev–Trinajstić information content (AvgIpc) is 3.19. The number of carbonyl (C=O) groups is 2. The lowest BCUT2D eigenvalue weighted by Crippen LogP contribution is -2.34. The minimum Gasteiger partial charge on any atom is -0.387 e. The maximum absolute atomic E-state index is 13.2. The van der Waals surface area contributed by atoms with Crippen LogP contribution in [-0.2, 0) is 4.79 Å². The minimum atomic E-state index is 0.00107. The van der Waals surface area contributed by atoms with Crippen molar-refractivity contribution in [1.29, 1.82) is 0 Å². The zero-order valence-corrected chi connectivity index (χ0v) is 26.3. The van der Waals surface area contributed by atoms with E-state index in [1.54, 1.807) is 29.6 Å². The van der Waals surface area contributed by atoms with E-state index in [0.29, 0.717) is 60.7 Å². The van der Waals surface area contributed by atoms with E-state index < -0.39 is 0 Å². The van der Waals surface area contributed by atoms with E-state index in [2.05, 4.69) is 35.5 Å². The minimum absolute atomic E-state index is 0.00107. The fourth-order valence-corrected chi connectivity index (χ4v) is 4.39. The Bertz CT molecular complexity index is 1370. The van der Waals surface area contributed by atoms with E-state index in [-0.39, 0.29) is 5.91 Å². The quantitative estimate of drug-likeness (QED) is 0.104. The summed E-state index contributed by atoms with van der Waals surface area (Å²) in [6, 6.07) is 5.61. The Morgan fingerprint density at radius 1 is 1.09 bits per heavy atom. The van der Waals surface area contributed by atoms with E-state index in [1.165, 1.54) is 0 Å². The van der Waals surface area contributed by atoms with Gasteiger partial charge in [0.15, 0.2) is 6.29 Å². The number of benzene rings is 1. The first-order valence-corrected chi connectivity index (χ1v) is 14.8. The molecular formula is C35H46N6O2. The zero-order valence-electron chi connectivity index (χ0n) is 26.3. The molecule has 0 bridgehead atoms. The molecule has 0 aromatic heterocycles. The van der Waals surface area contributed by atoms with E-state index in [4.69, 9.17) is 5.73 Å². The number of nitrogens with two attached hydrogens (primary N) is 1. The molecule has 1 aromatic rings. The number of amidine groups is 1. The smallest absolute Gasteiger partial charge is 0.250 e. The summed E-state index contributed by atoms with van der Waals surface area (Å²) in [6.45, 7) is 13.9. The molecule has 8 nitrogen and oxygen atoms in total. The normalized spacial score (nSPS) is 14.5. The molecule has 0 fully saturated rings. The van der Waals surface area contributed by atoms with Gasteiger partial charge in [-0.2, -0.15) is 5.10 Å². The number of hydrazone groups is 1. The molecule has 0 atom stereocenters. The molecule has 1 amide bonds. The Morgan fingerprint density at radius 3 is 2.47 bits per heavy atom. The predicted molar refractivity (Wildman–Crippen MR) is 181 cm³/mol. The summed E-state index contributed by atoms with van der Waals surface area (Å²) in [5, 5.41) is 6.36. The second-order valence-electron chi connectivity index (χ2n) is 10.1. The molecule has 0 saturated carbocycles. The second-order valence-corrected chi connectivity index (χ2v) is 10.1. The van der Waals surface area contributed by atoms with Crippen molar-refractivity contribution in [3.05, 3.63) is 101 Å². The first-order valence-electron chi connectivity index (χ1n) is 14.8. The van der Waals surface area contributed by atoms with Crippen molar-refractivity contribution >= 4 is 35.5 Å². The standard InChI is InChI=1S/C35H46N6O2/c1-7-12-27(23-33-16-15-29(24-34(36)39-33)35(43)41(19-9-3)20-10-4)28-13-14-30(26-42)31(22-28)25-38-40(6)21-17-32(11-5)37-18-8-2/h7-8,11-16,18,22-23,25-26H,5,9-10,17,19-21,24H2,1-4,6H3,(H2,36,39)/b12-7-,18-8-,27-23+,37-32?,38-25-. The predicted octanol–water partition coefficient (Wildman–Crippen LogP) is 6.49. The van der Waals surface area contributed by atoms with Gasteiger partial charge in [-0.15, -0.1) is 0 Å². The fraction of sp³-hybridized carbons (Fsp3) is 0.343. The van der Waals surface area contributed by atoms with Gasteiger partial charge in [0.1, 0.15) is 5.84 Å². The van der Waals surface area contributed by atoms with Crippen LogP contribution in [0, 0.1) is 0 Å². The van der Waals surface area contributed by atoms with E-state index in [1.807, 2.05) is 74.4 Å². The molecule has 1 aromatic carbocycles. The van der Waals surface area contributed by atoms with Gasteiger partial charge >= 0.3 is 0 Å². The van der Waals surface area contributed by atoms with Crippen molar-refractivity contribution in [3.63, 3.8) is 0 Å². The summed E-state index contributed by atoms with van der Waals surface area (Å²) in [5.74, 6) is 0.385. The van der Waals surface area contributed by atoms with E-state index >= 15 is 0 Å². The van der Waals surface area contributed by atoms with Crippen molar-refractivity contribution in [3.8, 4) is 0 Å². The topological polar surface area (TPSA) is 104 Å². The molecule has 228 valence electrons. The van der Waals surface area contributed by atoms with Crippen LogP contribution in [0.4, 0.5) is 0 Å². The molecule has 0 aliphatic carbocycles. The highest BCUT2D eigenvalue weighted by atomic mass is 16.2. The van der Waals surface area contributed by atoms with Crippen LogP contribution in [-0.4, -0.2) is 66.5 Å². The van der Waals surface area contributed by atoms with Crippen molar-refractivity contribution < 1.29 is 9.59 Å². The lowest BCUT2D eigenvalue weighted by molar-refractivity contribution is -0.127. The van der Waals surface area contributed by atoms with Gasteiger partial charge in [0, 0.05) is 68.1 Å². The lowest BCUT2D eigenvalue weighted by Gasteiger charge is -2.22. The van der Waals surface area contributed by atoms with Gasteiger partial charge in [-0.1, -0.05) is 56.9 Å². The van der Waals surface area contributed by atoms with E-state index in [0.717, 1.165) is 36.0 Å². The number of rotatable bonds is 16. The molecule has 0 radical (unpaired) electrons. The van der Waals surface area contributed by atoms with Gasteiger partial charge in [0.05, 0.1) is 11.9 Å². The summed E-state index contributed by atoms with van der Waals surface area (Å²) in [7, 11) is 1.87. The molecule has 1 aliphatic heterocycles. The van der Waals surface area contributed by atoms with Gasteiger partial charge in [-0.25, -0.2) is 4.99 Å². The molecular weight excluding hydrogens is 536 g/mol. The first-order chi connectivity index (χ1) is 20.8. The van der Waals surface area contributed by atoms with Crippen LogP contribution in [0.5, 0.6) is 0 Å². The summed E-state index contributed by atoms with van der Waals surface area (Å²) in [5.41, 5.74) is 11.4. The number of aldehydes is 1. The molecule has 43 heavy (non-hydrogen) atoms. The summed E-state index contributed by atoms with van der Waals surface area (Å²) >= 11 is 0. The van der Waals surface area contributed by atoms with Gasteiger partial charge < -0.3 is 10.6 Å². The average molecular weight is 583 g/mol. The summed E-state index contributed by atoms with van der Waals surface area (Å²) < 4.78 is 0. The molecule has 8 heteroatoms. The lowest BCUT2D eigenvalue weighted by atomic mass is 9.98. The zero-order chi connectivity index (χ0) is 31.6. The van der Waals surface area contributed by atoms with Crippen molar-refractivity contribution in [1.82, 2.24) is 9.91 Å². The maximum atomic E-state index is 13.2. The number of allylic oxidation sites excluding steroid dienone is 8. The molecule has 0 unspecified atom stereocenters. The third-order valence-electron chi connectivity index (χ3n) is 6.56. The van der Waals surface area contributed by atoms with Crippen molar-refractivity contribution in [2.75, 3.05) is 26.7 Å². The van der Waals surface area contributed by atoms with Crippen LogP contribution < -0.4 is 5.73 Å². The number of hydrogen-bond acceptors (Lipinski definition) is 7. The molecule has 0 spiro atoms. The third kappa shape index (κ3) is 11.3. The number of aliphatic imine (C=N–C) groups is 2. The molecule has 0 saturated heterocycles. The Balaban J connectivity index is 2.39. The molecule has 1 aliphatic rings. The highest BCUT2D eigenvalue weighted by Crippen LogP contribution is 2.23. The van der Waals surface area contributed by atoms with Gasteiger partial charge in [0.2, 0.25) is 5.91 Å². The summed E-state index contributed by atoms with van der Waals surface area (Å²) in [4.78, 5) is 35.9. The molecule has 2 rings (SSSR count). The largest absolute Gasteiger partial charge is 0.387 e. The Morgan fingerprint density at radius 2 is 1.84 bits per heavy atom. The highest BCUT2D eigenvalue weighted by Gasteiger charge is 2.19. The monoisotopic (exact) mass is 582 g/mol. The van der Waals surface area contributed by atoms with Gasteiger partial charge in [-0.05, 0) is 62.1 Å². The maximum Gasteiger partial charge on any atom is 0.250 e. The van der Waals surface area contributed by atoms with Crippen LogP contribution in [0.2, 0.25) is 0 Å². The van der Waals surface area contributed by atoms with Crippen LogP contribution in [0.25, 0.3) is 5.57 Å². The Kier molecular flexibility index (Phi) is 15.1. The van der Waals surface area contributed by atoms with Crippen molar-refractivity contribution in [2.45, 2.75) is 53.4 Å². The van der Waals surface area contributed by atoms with Crippen LogP contribution in [0.1, 0.15) is 74.9 Å². The summed E-state index contributed by atoms with van der Waals surface area (Å²) in [6.07, 6.45) is 20.1. The Hall–Kier alpha value is -4.59. The van der Waals surface area contributed by atoms with Crippen molar-refractivity contribution in [2.24, 2.45) is 20.8 Å².